The Morgan fingerprint density at radius 2 is 2.03 bits per heavy atom. The van der Waals surface area contributed by atoms with Gasteiger partial charge in [-0.3, -0.25) is 4.79 Å². The number of benzene rings is 2. The van der Waals surface area contributed by atoms with E-state index < -0.39 is 24.2 Å². The average molecular weight is 453 g/mol. The molecule has 0 aliphatic carbocycles. The first kappa shape index (κ1) is 22.4. The average Bonchev–Trinajstić information content (AvgIpc) is 3.21. The molecule has 9 heteroatoms. The van der Waals surface area contributed by atoms with Crippen LogP contribution in [0.3, 0.4) is 0 Å². The highest BCUT2D eigenvalue weighted by Gasteiger charge is 2.47. The van der Waals surface area contributed by atoms with E-state index in [0.29, 0.717) is 24.1 Å². The minimum atomic E-state index is -4.52. The Kier molecular flexibility index (Phi) is 6.09. The van der Waals surface area contributed by atoms with Crippen LogP contribution in [-0.4, -0.2) is 21.9 Å². The van der Waals surface area contributed by atoms with Gasteiger partial charge in [-0.15, -0.1) is 0 Å². The molecule has 2 atom stereocenters. The molecule has 1 amide bonds. The molecule has 1 aliphatic heterocycles. The van der Waals surface area contributed by atoms with Gasteiger partial charge in [0.1, 0.15) is 11.4 Å². The number of aromatic nitrogens is 2. The van der Waals surface area contributed by atoms with Crippen LogP contribution in [0.15, 0.2) is 54.7 Å². The third-order valence-electron chi connectivity index (χ3n) is 5.67. The lowest BCUT2D eigenvalue weighted by Gasteiger charge is -2.34. The lowest BCUT2D eigenvalue weighted by molar-refractivity contribution is -0.173. The summed E-state index contributed by atoms with van der Waals surface area (Å²) in [6, 6.07) is 13.9. The minimum absolute atomic E-state index is 0.0310. The van der Waals surface area contributed by atoms with E-state index in [1.165, 1.54) is 0 Å². The molecule has 4 rings (SSSR count). The summed E-state index contributed by atoms with van der Waals surface area (Å²) in [7, 11) is 0. The molecule has 0 fully saturated rings. The summed E-state index contributed by atoms with van der Waals surface area (Å²) in [5.41, 5.74) is 3.11. The second-order valence-electron chi connectivity index (χ2n) is 8.06. The number of hydrogen-bond acceptors (Lipinski definition) is 4. The van der Waals surface area contributed by atoms with Gasteiger partial charge in [0.25, 0.3) is 5.91 Å². The zero-order valence-electron chi connectivity index (χ0n) is 17.9. The molecule has 0 bridgehead atoms. The molecule has 0 saturated carbocycles. The first-order valence-electron chi connectivity index (χ1n) is 10.5. The normalized spacial score (nSPS) is 17.5. The van der Waals surface area contributed by atoms with Gasteiger partial charge in [0.05, 0.1) is 18.3 Å². The molecule has 2 unspecified atom stereocenters. The van der Waals surface area contributed by atoms with Crippen molar-refractivity contribution in [2.75, 3.05) is 10.6 Å². The summed E-state index contributed by atoms with van der Waals surface area (Å²) >= 11 is 0. The summed E-state index contributed by atoms with van der Waals surface area (Å²) in [5.74, 6) is -0.529. The zero-order valence-corrected chi connectivity index (χ0v) is 17.9. The van der Waals surface area contributed by atoms with Crippen LogP contribution in [0.1, 0.15) is 52.0 Å². The topological polar surface area (TPSA) is 82.7 Å². The number of nitrogens with one attached hydrogen (secondary N) is 2. The van der Waals surface area contributed by atoms with E-state index in [4.69, 9.17) is 5.26 Å². The van der Waals surface area contributed by atoms with Gasteiger partial charge in [0.15, 0.2) is 6.04 Å². The van der Waals surface area contributed by atoms with Crippen LogP contribution in [0.2, 0.25) is 0 Å². The van der Waals surface area contributed by atoms with Crippen LogP contribution in [0.4, 0.5) is 24.7 Å². The van der Waals surface area contributed by atoms with Gasteiger partial charge in [-0.25, -0.2) is 4.68 Å². The van der Waals surface area contributed by atoms with Gasteiger partial charge in [0.2, 0.25) is 0 Å². The quantitative estimate of drug-likeness (QED) is 0.530. The van der Waals surface area contributed by atoms with Crippen molar-refractivity contribution in [1.82, 2.24) is 9.78 Å². The minimum Gasteiger partial charge on any atom is -0.363 e. The number of carbonyl (C=O) groups is 1. The van der Waals surface area contributed by atoms with Crippen LogP contribution in [0.5, 0.6) is 0 Å². The van der Waals surface area contributed by atoms with Crippen LogP contribution >= 0.6 is 0 Å². The fraction of sp³-hybridized carbons (Fsp3) is 0.292. The number of halogens is 3. The molecular weight excluding hydrogens is 431 g/mol. The van der Waals surface area contributed by atoms with Crippen LogP contribution in [0, 0.1) is 18.3 Å². The zero-order chi connectivity index (χ0) is 23.6. The van der Waals surface area contributed by atoms with Gasteiger partial charge in [-0.05, 0) is 36.6 Å². The third kappa shape index (κ3) is 4.85. The molecule has 170 valence electrons. The Morgan fingerprint density at radius 1 is 1.27 bits per heavy atom. The molecule has 2 aromatic carbocycles. The number of alkyl halides is 3. The first-order chi connectivity index (χ1) is 15.8. The van der Waals surface area contributed by atoms with Crippen LogP contribution < -0.4 is 10.6 Å². The maximum absolute atomic E-state index is 13.9. The predicted octanol–water partition coefficient (Wildman–Crippen LogP) is 5.56. The molecule has 1 aliphatic rings. The molecular formula is C24H22F3N5O. The van der Waals surface area contributed by atoms with Gasteiger partial charge >= 0.3 is 6.18 Å². The number of fused-ring (bicyclic) bond motifs is 1. The number of carbonyl (C=O) groups excluding carboxylic acids is 1. The van der Waals surface area contributed by atoms with Gasteiger partial charge in [-0.1, -0.05) is 42.0 Å². The van der Waals surface area contributed by atoms with Crippen molar-refractivity contribution in [3.8, 4) is 6.07 Å². The Labute approximate surface area is 189 Å². The SMILES string of the molecule is Cc1ccc(C2CC(C(F)(F)F)n3ncc(C(=O)Nc4cccc(CCC#N)c4)c3N2)cc1. The summed E-state index contributed by atoms with van der Waals surface area (Å²) in [6.07, 6.45) is -2.71. The molecule has 33 heavy (non-hydrogen) atoms. The van der Waals surface area contributed by atoms with Gasteiger partial charge < -0.3 is 10.6 Å². The van der Waals surface area contributed by atoms with Crippen molar-refractivity contribution < 1.29 is 18.0 Å². The first-order valence-corrected chi connectivity index (χ1v) is 10.5. The molecule has 3 aromatic rings. The van der Waals surface area contributed by atoms with Crippen molar-refractivity contribution in [2.45, 2.75) is 44.4 Å². The van der Waals surface area contributed by atoms with E-state index in [9.17, 15) is 18.0 Å². The van der Waals surface area contributed by atoms with Crippen molar-refractivity contribution in [2.24, 2.45) is 0 Å². The molecule has 2 heterocycles. The second-order valence-corrected chi connectivity index (χ2v) is 8.06. The molecule has 6 nitrogen and oxygen atoms in total. The monoisotopic (exact) mass is 453 g/mol. The molecule has 1 aromatic heterocycles. The van der Waals surface area contributed by atoms with Gasteiger partial charge in [-0.2, -0.15) is 23.5 Å². The highest BCUT2D eigenvalue weighted by molar-refractivity contribution is 6.07. The van der Waals surface area contributed by atoms with E-state index in [1.54, 1.807) is 30.3 Å². The van der Waals surface area contributed by atoms with Crippen LogP contribution in [0.25, 0.3) is 0 Å². The Hall–Kier alpha value is -3.80. The summed E-state index contributed by atoms with van der Waals surface area (Å²) in [5, 5.41) is 18.5. The maximum atomic E-state index is 13.9. The van der Waals surface area contributed by atoms with Crippen LogP contribution in [-0.2, 0) is 6.42 Å². The number of aryl methyl sites for hydroxylation is 2. The number of nitrogens with zero attached hydrogens (tertiary/aromatic N) is 3. The lowest BCUT2D eigenvalue weighted by atomic mass is 9.96. The highest BCUT2D eigenvalue weighted by Crippen LogP contribution is 2.44. The largest absolute Gasteiger partial charge is 0.410 e. The fourth-order valence-electron chi connectivity index (χ4n) is 3.95. The van der Waals surface area contributed by atoms with Gasteiger partial charge in [0, 0.05) is 18.5 Å². The number of hydrogen-bond donors (Lipinski definition) is 2. The summed E-state index contributed by atoms with van der Waals surface area (Å²) in [6.45, 7) is 1.91. The van der Waals surface area contributed by atoms with E-state index in [1.807, 2.05) is 25.1 Å². The van der Waals surface area contributed by atoms with Crippen molar-refractivity contribution >= 4 is 17.4 Å². The maximum Gasteiger partial charge on any atom is 0.410 e. The Bertz CT molecular complexity index is 1190. The van der Waals surface area contributed by atoms with E-state index in [0.717, 1.165) is 22.0 Å². The molecule has 0 saturated heterocycles. The van der Waals surface area contributed by atoms with E-state index >= 15 is 0 Å². The number of amides is 1. The van der Waals surface area contributed by atoms with E-state index in [-0.39, 0.29) is 17.8 Å². The standard InChI is InChI=1S/C24H22F3N5O/c1-15-7-9-17(10-8-15)20-13-21(24(25,26)27)32-22(31-20)19(14-29-32)23(33)30-18-6-2-4-16(12-18)5-3-11-28/h2,4,6-10,12,14,20-21,31H,3,5,13H2,1H3,(H,30,33). The summed E-state index contributed by atoms with van der Waals surface area (Å²) < 4.78 is 42.4. The Balaban J connectivity index is 1.63. The summed E-state index contributed by atoms with van der Waals surface area (Å²) in [4.78, 5) is 13.0. The number of rotatable bonds is 5. The fourth-order valence-corrected chi connectivity index (χ4v) is 3.95. The number of nitriles is 1. The predicted molar refractivity (Wildman–Crippen MR) is 118 cm³/mol. The third-order valence-corrected chi connectivity index (χ3v) is 5.67. The smallest absolute Gasteiger partial charge is 0.363 e. The van der Waals surface area contributed by atoms with E-state index in [2.05, 4.69) is 21.8 Å². The van der Waals surface area contributed by atoms with Crippen molar-refractivity contribution in [3.63, 3.8) is 0 Å². The second kappa shape index (κ2) is 8.98. The lowest BCUT2D eigenvalue weighted by Crippen LogP contribution is -2.36. The van der Waals surface area contributed by atoms with Crippen molar-refractivity contribution in [3.05, 3.63) is 77.0 Å². The molecule has 0 spiro atoms. The molecule has 0 radical (unpaired) electrons. The van der Waals surface area contributed by atoms with Crippen molar-refractivity contribution in [1.29, 1.82) is 5.26 Å². The number of anilines is 2. The molecule has 2 N–H and O–H groups in total. The Morgan fingerprint density at radius 3 is 2.73 bits per heavy atom. The highest BCUT2D eigenvalue weighted by atomic mass is 19.4.